The second-order valence-electron chi connectivity index (χ2n) is 6.63. The molecule has 1 aliphatic rings. The van der Waals surface area contributed by atoms with Crippen molar-refractivity contribution in [3.05, 3.63) is 0 Å². The number of nitrogens with zero attached hydrogens (tertiary/aromatic N) is 1. The SMILES string of the molecule is CCCNC(CC(CC)CC)C1(N(C)C)CCCC1. The zero-order valence-corrected chi connectivity index (χ0v) is 14.0. The van der Waals surface area contributed by atoms with Crippen LogP contribution in [0.3, 0.4) is 0 Å². The van der Waals surface area contributed by atoms with Crippen LogP contribution >= 0.6 is 0 Å². The number of hydrogen-bond acceptors (Lipinski definition) is 2. The Bertz CT molecular complexity index is 227. The van der Waals surface area contributed by atoms with Crippen molar-refractivity contribution in [2.75, 3.05) is 20.6 Å². The Labute approximate surface area is 121 Å². The van der Waals surface area contributed by atoms with E-state index in [1.807, 2.05) is 0 Å². The Kier molecular flexibility index (Phi) is 7.38. The van der Waals surface area contributed by atoms with Crippen LogP contribution in [0, 0.1) is 5.92 Å². The predicted octanol–water partition coefficient (Wildman–Crippen LogP) is 4.06. The minimum atomic E-state index is 0.414. The van der Waals surface area contributed by atoms with Gasteiger partial charge in [-0.25, -0.2) is 0 Å². The molecule has 0 heterocycles. The Balaban J connectivity index is 2.80. The second kappa shape index (κ2) is 8.26. The second-order valence-corrected chi connectivity index (χ2v) is 6.63. The molecule has 1 atom stereocenters. The van der Waals surface area contributed by atoms with Gasteiger partial charge in [-0.3, -0.25) is 0 Å². The van der Waals surface area contributed by atoms with Gasteiger partial charge in [0.2, 0.25) is 0 Å². The molecule has 1 unspecified atom stereocenters. The van der Waals surface area contributed by atoms with Gasteiger partial charge < -0.3 is 10.2 Å². The predicted molar refractivity (Wildman–Crippen MR) is 85.7 cm³/mol. The summed E-state index contributed by atoms with van der Waals surface area (Å²) in [6.45, 7) is 8.14. The minimum absolute atomic E-state index is 0.414. The van der Waals surface area contributed by atoms with Gasteiger partial charge in [0.25, 0.3) is 0 Å². The first-order chi connectivity index (χ1) is 9.10. The average Bonchev–Trinajstić information content (AvgIpc) is 2.90. The molecule has 0 aromatic carbocycles. The van der Waals surface area contributed by atoms with Gasteiger partial charge in [0, 0.05) is 11.6 Å². The van der Waals surface area contributed by atoms with Crippen molar-refractivity contribution in [2.45, 2.75) is 83.7 Å². The lowest BCUT2D eigenvalue weighted by atomic mass is 9.80. The highest BCUT2D eigenvalue weighted by Crippen LogP contribution is 2.39. The summed E-state index contributed by atoms with van der Waals surface area (Å²) in [5, 5.41) is 3.89. The molecule has 114 valence electrons. The van der Waals surface area contributed by atoms with Crippen molar-refractivity contribution in [1.82, 2.24) is 10.2 Å². The number of nitrogens with one attached hydrogen (secondary N) is 1. The van der Waals surface area contributed by atoms with Gasteiger partial charge in [-0.05, 0) is 52.2 Å². The van der Waals surface area contributed by atoms with E-state index < -0.39 is 0 Å². The molecule has 1 fully saturated rings. The normalized spacial score (nSPS) is 20.4. The molecule has 1 N–H and O–H groups in total. The largest absolute Gasteiger partial charge is 0.312 e. The van der Waals surface area contributed by atoms with Crippen LogP contribution in [0.25, 0.3) is 0 Å². The van der Waals surface area contributed by atoms with Gasteiger partial charge in [0.1, 0.15) is 0 Å². The highest BCUT2D eigenvalue weighted by atomic mass is 15.2. The van der Waals surface area contributed by atoms with E-state index in [-0.39, 0.29) is 0 Å². The van der Waals surface area contributed by atoms with E-state index in [1.54, 1.807) is 0 Å². The van der Waals surface area contributed by atoms with Crippen molar-refractivity contribution in [1.29, 1.82) is 0 Å². The minimum Gasteiger partial charge on any atom is -0.312 e. The van der Waals surface area contributed by atoms with E-state index >= 15 is 0 Å². The van der Waals surface area contributed by atoms with Crippen LogP contribution in [0.1, 0.15) is 72.1 Å². The summed E-state index contributed by atoms with van der Waals surface area (Å²) in [5.41, 5.74) is 0.414. The number of hydrogen-bond donors (Lipinski definition) is 1. The van der Waals surface area contributed by atoms with Gasteiger partial charge in [-0.2, -0.15) is 0 Å². The van der Waals surface area contributed by atoms with Crippen LogP contribution in [0.5, 0.6) is 0 Å². The molecular weight excluding hydrogens is 232 g/mol. The summed E-state index contributed by atoms with van der Waals surface area (Å²) in [6, 6.07) is 0.676. The Hall–Kier alpha value is -0.0800. The summed E-state index contributed by atoms with van der Waals surface area (Å²) >= 11 is 0. The zero-order valence-electron chi connectivity index (χ0n) is 14.0. The Morgan fingerprint density at radius 2 is 1.63 bits per heavy atom. The molecule has 2 heteroatoms. The molecule has 0 aromatic heterocycles. The molecule has 0 aliphatic heterocycles. The number of rotatable bonds is 9. The first-order valence-electron chi connectivity index (χ1n) is 8.51. The monoisotopic (exact) mass is 268 g/mol. The maximum atomic E-state index is 3.89. The van der Waals surface area contributed by atoms with Crippen LogP contribution in [0.2, 0.25) is 0 Å². The van der Waals surface area contributed by atoms with Gasteiger partial charge >= 0.3 is 0 Å². The molecule has 0 radical (unpaired) electrons. The van der Waals surface area contributed by atoms with E-state index in [0.29, 0.717) is 11.6 Å². The maximum absolute atomic E-state index is 3.89. The zero-order chi connectivity index (χ0) is 14.3. The van der Waals surface area contributed by atoms with E-state index in [2.05, 4.69) is 45.1 Å². The van der Waals surface area contributed by atoms with Crippen LogP contribution in [-0.2, 0) is 0 Å². The summed E-state index contributed by atoms with van der Waals surface area (Å²) in [5.74, 6) is 0.881. The van der Waals surface area contributed by atoms with Gasteiger partial charge in [-0.1, -0.05) is 46.5 Å². The fourth-order valence-corrected chi connectivity index (χ4v) is 3.86. The van der Waals surface area contributed by atoms with Gasteiger partial charge in [0.05, 0.1) is 0 Å². The smallest absolute Gasteiger partial charge is 0.0356 e. The van der Waals surface area contributed by atoms with Crippen molar-refractivity contribution < 1.29 is 0 Å². The van der Waals surface area contributed by atoms with E-state index in [4.69, 9.17) is 0 Å². The summed E-state index contributed by atoms with van der Waals surface area (Å²) < 4.78 is 0. The van der Waals surface area contributed by atoms with Crippen LogP contribution in [-0.4, -0.2) is 37.1 Å². The summed E-state index contributed by atoms with van der Waals surface area (Å²) in [7, 11) is 4.58. The lowest BCUT2D eigenvalue weighted by Crippen LogP contribution is -2.58. The van der Waals surface area contributed by atoms with E-state index in [1.165, 1.54) is 57.9 Å². The topological polar surface area (TPSA) is 15.3 Å². The molecule has 0 spiro atoms. The lowest BCUT2D eigenvalue weighted by Gasteiger charge is -2.45. The molecular formula is C17H36N2. The van der Waals surface area contributed by atoms with Crippen molar-refractivity contribution in [2.24, 2.45) is 5.92 Å². The summed E-state index contributed by atoms with van der Waals surface area (Å²) in [6.07, 6.45) is 10.8. The molecule has 1 saturated carbocycles. The molecule has 0 amide bonds. The fourth-order valence-electron chi connectivity index (χ4n) is 3.86. The molecule has 1 aliphatic carbocycles. The van der Waals surface area contributed by atoms with E-state index in [0.717, 1.165) is 5.92 Å². The molecule has 0 aromatic rings. The summed E-state index contributed by atoms with van der Waals surface area (Å²) in [4.78, 5) is 2.52. The molecule has 2 nitrogen and oxygen atoms in total. The third kappa shape index (κ3) is 4.19. The molecule has 1 rings (SSSR count). The molecule has 0 saturated heterocycles. The number of likely N-dealkylation sites (N-methyl/N-ethyl adjacent to an activating group) is 1. The van der Waals surface area contributed by atoms with Crippen LogP contribution < -0.4 is 5.32 Å². The van der Waals surface area contributed by atoms with Gasteiger partial charge in [0.15, 0.2) is 0 Å². The van der Waals surface area contributed by atoms with Gasteiger partial charge in [-0.15, -0.1) is 0 Å². The molecule has 0 bridgehead atoms. The lowest BCUT2D eigenvalue weighted by molar-refractivity contribution is 0.0896. The third-order valence-electron chi connectivity index (χ3n) is 5.37. The highest BCUT2D eigenvalue weighted by molar-refractivity contribution is 5.02. The molecule has 19 heavy (non-hydrogen) atoms. The average molecular weight is 268 g/mol. The standard InChI is InChI=1S/C17H36N2/c1-6-13-18-16(14-15(7-2)8-3)17(19(4)5)11-9-10-12-17/h15-16,18H,6-14H2,1-5H3. The Morgan fingerprint density at radius 3 is 2.05 bits per heavy atom. The first-order valence-corrected chi connectivity index (χ1v) is 8.51. The van der Waals surface area contributed by atoms with E-state index in [9.17, 15) is 0 Å². The van der Waals surface area contributed by atoms with Crippen molar-refractivity contribution >= 4 is 0 Å². The van der Waals surface area contributed by atoms with Crippen LogP contribution in [0.4, 0.5) is 0 Å². The quantitative estimate of drug-likeness (QED) is 0.678. The fraction of sp³-hybridized carbons (Fsp3) is 1.00. The maximum Gasteiger partial charge on any atom is 0.0356 e. The Morgan fingerprint density at radius 1 is 1.05 bits per heavy atom. The van der Waals surface area contributed by atoms with Crippen molar-refractivity contribution in [3.63, 3.8) is 0 Å². The third-order valence-corrected chi connectivity index (χ3v) is 5.37. The van der Waals surface area contributed by atoms with Crippen molar-refractivity contribution in [3.8, 4) is 0 Å². The van der Waals surface area contributed by atoms with Crippen LogP contribution in [0.15, 0.2) is 0 Å². The first kappa shape index (κ1) is 17.0. The highest BCUT2D eigenvalue weighted by Gasteiger charge is 2.43.